The van der Waals surface area contributed by atoms with E-state index in [0.29, 0.717) is 12.5 Å². The SMILES string of the molecule is C[C@H]([C@@H]1O[C@H]1C[C@H]1CO[C@@H](Cc2csc(-c3ccccc3)n2)[C@H](O[Si](C)(C)C)[C@@H]1O[Si](C)(C)C)[C@H](C)O[Si](C)(C)C. The Morgan fingerprint density at radius 3 is 2.12 bits per heavy atom. The van der Waals surface area contributed by atoms with Crippen molar-refractivity contribution in [2.45, 2.75) is 122 Å². The number of ether oxygens (including phenoxy) is 2. The van der Waals surface area contributed by atoms with Crippen molar-refractivity contribution in [3.8, 4) is 10.6 Å². The fourth-order valence-electron chi connectivity index (χ4n) is 5.78. The lowest BCUT2D eigenvalue weighted by molar-refractivity contribution is -0.152. The standard InChI is InChI=1S/C31H53NO5SSi3/c1-21(22(2)35-39(3,4)5)28-27(34-28)17-24-19-33-26(30(37-41(9,10)11)29(24)36-40(6,7)8)18-25-20-38-31(32-25)23-15-13-12-14-16-23/h12-16,20-22,24,26-30H,17-19H2,1-11H3/t21-,22-,24-,26-,27-,28-,29+,30-/m0/s1. The molecule has 0 aliphatic carbocycles. The quantitative estimate of drug-likeness (QED) is 0.165. The third-order valence-electron chi connectivity index (χ3n) is 7.60. The molecule has 230 valence electrons. The Morgan fingerprint density at radius 1 is 0.878 bits per heavy atom. The van der Waals surface area contributed by atoms with E-state index in [1.54, 1.807) is 11.3 Å². The van der Waals surface area contributed by atoms with E-state index in [1.165, 1.54) is 0 Å². The molecular weight excluding hydrogens is 583 g/mol. The predicted octanol–water partition coefficient (Wildman–Crippen LogP) is 7.84. The summed E-state index contributed by atoms with van der Waals surface area (Å²) in [6, 6.07) is 10.4. The van der Waals surface area contributed by atoms with E-state index in [9.17, 15) is 0 Å². The monoisotopic (exact) mass is 635 g/mol. The maximum absolute atomic E-state index is 6.99. The highest BCUT2D eigenvalue weighted by atomic mass is 32.1. The molecule has 8 atom stereocenters. The molecule has 2 aromatic rings. The zero-order valence-corrected chi connectivity index (χ0v) is 30.9. The number of nitrogens with zero attached hydrogens (tertiary/aromatic N) is 1. The first-order valence-electron chi connectivity index (χ1n) is 15.3. The maximum atomic E-state index is 6.99. The minimum absolute atomic E-state index is 0.0183. The highest BCUT2D eigenvalue weighted by Gasteiger charge is 2.51. The molecule has 0 amide bonds. The van der Waals surface area contributed by atoms with Crippen LogP contribution in [0.2, 0.25) is 58.9 Å². The van der Waals surface area contributed by atoms with Crippen LogP contribution in [0.15, 0.2) is 35.7 Å². The Bertz CT molecular complexity index is 1110. The average Bonchev–Trinajstić information content (AvgIpc) is 3.45. The molecule has 3 heterocycles. The molecule has 41 heavy (non-hydrogen) atoms. The van der Waals surface area contributed by atoms with Gasteiger partial charge in [-0.25, -0.2) is 4.98 Å². The molecule has 2 saturated heterocycles. The molecule has 1 aromatic heterocycles. The van der Waals surface area contributed by atoms with E-state index in [-0.39, 0.29) is 42.5 Å². The molecule has 10 heteroatoms. The number of hydrogen-bond donors (Lipinski definition) is 0. The summed E-state index contributed by atoms with van der Waals surface area (Å²) in [5.74, 6) is 0.586. The zero-order valence-electron chi connectivity index (χ0n) is 27.1. The molecule has 0 bridgehead atoms. The second-order valence-corrected chi connectivity index (χ2v) is 29.1. The number of thiazole rings is 1. The highest BCUT2D eigenvalue weighted by Crippen LogP contribution is 2.41. The molecule has 0 N–H and O–H groups in total. The van der Waals surface area contributed by atoms with Crippen LogP contribution in [0.1, 0.15) is 26.0 Å². The van der Waals surface area contributed by atoms with Gasteiger partial charge in [0, 0.05) is 35.3 Å². The van der Waals surface area contributed by atoms with Crippen LogP contribution in [-0.2, 0) is 29.2 Å². The molecule has 2 aliphatic heterocycles. The molecule has 2 fully saturated rings. The zero-order chi connectivity index (χ0) is 30.2. The van der Waals surface area contributed by atoms with Crippen molar-refractivity contribution in [2.75, 3.05) is 6.61 Å². The van der Waals surface area contributed by atoms with Crippen LogP contribution in [0.3, 0.4) is 0 Å². The molecule has 6 nitrogen and oxygen atoms in total. The van der Waals surface area contributed by atoms with Crippen LogP contribution in [0.25, 0.3) is 10.6 Å². The van der Waals surface area contributed by atoms with Gasteiger partial charge in [-0.3, -0.25) is 0 Å². The van der Waals surface area contributed by atoms with Crippen molar-refractivity contribution in [1.82, 2.24) is 4.98 Å². The summed E-state index contributed by atoms with van der Waals surface area (Å²) in [6.07, 6.45) is 2.06. The number of rotatable bonds is 13. The van der Waals surface area contributed by atoms with Crippen molar-refractivity contribution >= 4 is 36.3 Å². The Kier molecular flexibility index (Phi) is 10.6. The number of epoxide rings is 1. The first kappa shape index (κ1) is 33.2. The van der Waals surface area contributed by atoms with Crippen molar-refractivity contribution in [3.05, 3.63) is 41.4 Å². The van der Waals surface area contributed by atoms with Gasteiger partial charge in [0.25, 0.3) is 0 Å². The fourth-order valence-corrected chi connectivity index (χ4v) is 10.2. The topological polar surface area (TPSA) is 62.3 Å². The van der Waals surface area contributed by atoms with E-state index in [2.05, 4.69) is 102 Å². The molecule has 1 aromatic carbocycles. The van der Waals surface area contributed by atoms with Crippen LogP contribution >= 0.6 is 11.3 Å². The summed E-state index contributed by atoms with van der Waals surface area (Å²) < 4.78 is 33.3. The molecule has 2 aliphatic rings. The van der Waals surface area contributed by atoms with Crippen LogP contribution in [0, 0.1) is 11.8 Å². The number of aromatic nitrogens is 1. The molecule has 0 unspecified atom stereocenters. The highest BCUT2D eigenvalue weighted by molar-refractivity contribution is 7.13. The third-order valence-corrected chi connectivity index (χ3v) is 11.6. The summed E-state index contributed by atoms with van der Waals surface area (Å²) in [5.41, 5.74) is 2.21. The van der Waals surface area contributed by atoms with Gasteiger partial charge in [-0.2, -0.15) is 0 Å². The van der Waals surface area contributed by atoms with E-state index < -0.39 is 25.0 Å². The Balaban J connectivity index is 1.50. The first-order valence-corrected chi connectivity index (χ1v) is 26.4. The van der Waals surface area contributed by atoms with Crippen molar-refractivity contribution in [3.63, 3.8) is 0 Å². The first-order chi connectivity index (χ1) is 19.0. The van der Waals surface area contributed by atoms with Gasteiger partial charge in [0.1, 0.15) is 5.01 Å². The van der Waals surface area contributed by atoms with Crippen molar-refractivity contribution < 1.29 is 22.8 Å². The van der Waals surface area contributed by atoms with Crippen LogP contribution in [0.5, 0.6) is 0 Å². The summed E-state index contributed by atoms with van der Waals surface area (Å²) in [4.78, 5) is 4.99. The second kappa shape index (κ2) is 13.1. The van der Waals surface area contributed by atoms with Crippen LogP contribution in [0.4, 0.5) is 0 Å². The van der Waals surface area contributed by atoms with Gasteiger partial charge in [0.05, 0.1) is 42.8 Å². The lowest BCUT2D eigenvalue weighted by atomic mass is 9.86. The van der Waals surface area contributed by atoms with Gasteiger partial charge in [0.2, 0.25) is 0 Å². The van der Waals surface area contributed by atoms with Gasteiger partial charge >= 0.3 is 0 Å². The van der Waals surface area contributed by atoms with E-state index >= 15 is 0 Å². The van der Waals surface area contributed by atoms with Crippen molar-refractivity contribution in [2.24, 2.45) is 11.8 Å². The largest absolute Gasteiger partial charge is 0.415 e. The molecule has 4 rings (SSSR count). The smallest absolute Gasteiger partial charge is 0.184 e. The molecule has 0 radical (unpaired) electrons. The number of hydrogen-bond acceptors (Lipinski definition) is 7. The summed E-state index contributed by atoms with van der Waals surface area (Å²) in [7, 11) is -5.37. The average molecular weight is 636 g/mol. The summed E-state index contributed by atoms with van der Waals surface area (Å²) in [6.45, 7) is 25.5. The fraction of sp³-hybridized carbons (Fsp3) is 0.710. The van der Waals surface area contributed by atoms with Crippen LogP contribution < -0.4 is 0 Å². The lowest BCUT2D eigenvalue weighted by Gasteiger charge is -2.47. The minimum atomic E-state index is -1.90. The van der Waals surface area contributed by atoms with Gasteiger partial charge in [-0.1, -0.05) is 37.3 Å². The normalized spacial score (nSPS) is 28.9. The van der Waals surface area contributed by atoms with E-state index in [4.69, 9.17) is 27.7 Å². The van der Waals surface area contributed by atoms with E-state index in [1.807, 2.05) is 6.07 Å². The molecule has 0 spiro atoms. The van der Waals surface area contributed by atoms with Crippen molar-refractivity contribution in [1.29, 1.82) is 0 Å². The second-order valence-electron chi connectivity index (χ2n) is 14.9. The lowest BCUT2D eigenvalue weighted by Crippen LogP contribution is -2.58. The van der Waals surface area contributed by atoms with Gasteiger partial charge < -0.3 is 22.8 Å². The molecular formula is C31H53NO5SSi3. The predicted molar refractivity (Wildman–Crippen MR) is 177 cm³/mol. The summed E-state index contributed by atoms with van der Waals surface area (Å²) >= 11 is 1.69. The Morgan fingerprint density at radius 2 is 1.51 bits per heavy atom. The van der Waals surface area contributed by atoms with E-state index in [0.717, 1.165) is 29.1 Å². The van der Waals surface area contributed by atoms with Crippen LogP contribution in [-0.4, -0.2) is 73.2 Å². The molecule has 0 saturated carbocycles. The Labute approximate surface area is 255 Å². The van der Waals surface area contributed by atoms with Gasteiger partial charge in [0.15, 0.2) is 25.0 Å². The number of benzene rings is 1. The van der Waals surface area contributed by atoms with Gasteiger partial charge in [-0.05, 0) is 72.3 Å². The van der Waals surface area contributed by atoms with Gasteiger partial charge in [-0.15, -0.1) is 11.3 Å². The minimum Gasteiger partial charge on any atom is -0.415 e. The summed E-state index contributed by atoms with van der Waals surface area (Å²) in [5, 5.41) is 3.22. The Hall–Kier alpha value is -0.699. The maximum Gasteiger partial charge on any atom is 0.184 e. The third kappa shape index (κ3) is 9.90.